The largest absolute Gasteiger partial charge is 0.380 e. The van der Waals surface area contributed by atoms with Gasteiger partial charge in [-0.05, 0) is 19.1 Å². The number of rotatable bonds is 5. The fourth-order valence-electron chi connectivity index (χ4n) is 1.10. The van der Waals surface area contributed by atoms with E-state index in [0.717, 1.165) is 10.2 Å². The van der Waals surface area contributed by atoms with E-state index < -0.39 is 0 Å². The number of benzene rings is 1. The molecule has 1 rings (SSSR count). The first-order chi connectivity index (χ1) is 7.15. The van der Waals surface area contributed by atoms with E-state index in [0.29, 0.717) is 29.8 Å². The van der Waals surface area contributed by atoms with Crippen LogP contribution in [-0.4, -0.2) is 19.8 Å². The minimum absolute atomic E-state index is 0.603. The predicted molar refractivity (Wildman–Crippen MR) is 69.1 cm³/mol. The Kier molecular flexibility index (Phi) is 5.75. The summed E-state index contributed by atoms with van der Waals surface area (Å²) in [4.78, 5) is 0. The highest BCUT2D eigenvalue weighted by Gasteiger charge is 2.06. The summed E-state index contributed by atoms with van der Waals surface area (Å²) in [6.45, 7) is 4.00. The average Bonchev–Trinajstić information content (AvgIpc) is 2.15. The lowest BCUT2D eigenvalue weighted by molar-refractivity contribution is 0.158. The summed E-state index contributed by atoms with van der Waals surface area (Å²) in [5, 5.41) is 4.34. The van der Waals surface area contributed by atoms with Crippen molar-refractivity contribution in [2.75, 3.05) is 25.1 Å². The molecule has 1 aromatic rings. The fourth-order valence-corrected chi connectivity index (χ4v) is 2.45. The first kappa shape index (κ1) is 13.1. The van der Waals surface area contributed by atoms with E-state index in [1.54, 1.807) is 12.1 Å². The highest BCUT2D eigenvalue weighted by atomic mass is 79.9. The van der Waals surface area contributed by atoms with Crippen molar-refractivity contribution in [1.82, 2.24) is 0 Å². The maximum absolute atomic E-state index is 6.03. The Balaban J connectivity index is 2.60. The van der Waals surface area contributed by atoms with E-state index in [4.69, 9.17) is 27.9 Å². The Hall–Kier alpha value is 0.0400. The maximum Gasteiger partial charge on any atom is 0.0720 e. The third-order valence-electron chi connectivity index (χ3n) is 1.76. The van der Waals surface area contributed by atoms with Crippen LogP contribution < -0.4 is 5.32 Å². The molecule has 0 unspecified atom stereocenters. The van der Waals surface area contributed by atoms with E-state index in [-0.39, 0.29) is 0 Å². The molecule has 0 saturated heterocycles. The molecule has 1 aromatic carbocycles. The van der Waals surface area contributed by atoms with Crippen LogP contribution in [0.25, 0.3) is 0 Å². The molecule has 0 aliphatic heterocycles. The van der Waals surface area contributed by atoms with Gasteiger partial charge in [-0.1, -0.05) is 39.1 Å². The summed E-state index contributed by atoms with van der Waals surface area (Å²) >= 11 is 15.4. The molecule has 0 heterocycles. The fraction of sp³-hybridized carbons (Fsp3) is 0.400. The van der Waals surface area contributed by atoms with Gasteiger partial charge in [-0.25, -0.2) is 0 Å². The van der Waals surface area contributed by atoms with Crippen molar-refractivity contribution >= 4 is 44.8 Å². The molecule has 84 valence electrons. The van der Waals surface area contributed by atoms with Gasteiger partial charge in [-0.15, -0.1) is 0 Å². The lowest BCUT2D eigenvalue weighted by Gasteiger charge is -2.10. The van der Waals surface area contributed by atoms with E-state index >= 15 is 0 Å². The number of hydrogen-bond acceptors (Lipinski definition) is 2. The van der Waals surface area contributed by atoms with Crippen molar-refractivity contribution in [1.29, 1.82) is 0 Å². The first-order valence-electron chi connectivity index (χ1n) is 4.61. The van der Waals surface area contributed by atoms with Crippen molar-refractivity contribution in [2.24, 2.45) is 0 Å². The Labute approximate surface area is 108 Å². The molecule has 0 radical (unpaired) electrons. The zero-order valence-electron chi connectivity index (χ0n) is 8.32. The summed E-state index contributed by atoms with van der Waals surface area (Å²) in [5.41, 5.74) is 0.751. The quantitative estimate of drug-likeness (QED) is 0.823. The molecule has 0 fully saturated rings. The second-order valence-electron chi connectivity index (χ2n) is 2.87. The van der Waals surface area contributed by atoms with Crippen molar-refractivity contribution in [3.63, 3.8) is 0 Å². The molecule has 0 spiro atoms. The molecule has 0 aromatic heterocycles. The summed E-state index contributed by atoms with van der Waals surface area (Å²) in [6.07, 6.45) is 0. The van der Waals surface area contributed by atoms with Crippen LogP contribution in [0.1, 0.15) is 6.92 Å². The zero-order chi connectivity index (χ0) is 11.3. The van der Waals surface area contributed by atoms with Crippen LogP contribution in [0.4, 0.5) is 5.69 Å². The van der Waals surface area contributed by atoms with E-state index in [2.05, 4.69) is 21.2 Å². The summed E-state index contributed by atoms with van der Waals surface area (Å²) in [6, 6.07) is 3.60. The molecule has 2 nitrogen and oxygen atoms in total. The summed E-state index contributed by atoms with van der Waals surface area (Å²) < 4.78 is 6.07. The minimum atomic E-state index is 0.603. The lowest BCUT2D eigenvalue weighted by atomic mass is 10.3. The highest BCUT2D eigenvalue weighted by Crippen LogP contribution is 2.33. The van der Waals surface area contributed by atoms with Gasteiger partial charge in [0.2, 0.25) is 0 Å². The SMILES string of the molecule is CCOCCNc1c(Cl)cc(Br)cc1Cl. The minimum Gasteiger partial charge on any atom is -0.380 e. The van der Waals surface area contributed by atoms with Gasteiger partial charge in [-0.2, -0.15) is 0 Å². The van der Waals surface area contributed by atoms with Crippen molar-refractivity contribution in [3.05, 3.63) is 26.7 Å². The monoisotopic (exact) mass is 311 g/mol. The van der Waals surface area contributed by atoms with Crippen molar-refractivity contribution in [2.45, 2.75) is 6.92 Å². The number of hydrogen-bond donors (Lipinski definition) is 1. The molecule has 1 N–H and O–H groups in total. The molecular weight excluding hydrogens is 301 g/mol. The normalized spacial score (nSPS) is 10.4. The molecule has 15 heavy (non-hydrogen) atoms. The molecular formula is C10H12BrCl2NO. The van der Waals surface area contributed by atoms with Gasteiger partial charge < -0.3 is 10.1 Å². The summed E-state index contributed by atoms with van der Waals surface area (Å²) in [7, 11) is 0. The third kappa shape index (κ3) is 4.19. The Morgan fingerprint density at radius 1 is 1.33 bits per heavy atom. The smallest absolute Gasteiger partial charge is 0.0720 e. The van der Waals surface area contributed by atoms with Crippen LogP contribution in [0, 0.1) is 0 Å². The zero-order valence-corrected chi connectivity index (χ0v) is 11.4. The molecule has 0 bridgehead atoms. The van der Waals surface area contributed by atoms with Gasteiger partial charge in [0.15, 0.2) is 0 Å². The third-order valence-corrected chi connectivity index (χ3v) is 2.81. The average molecular weight is 313 g/mol. The Bertz CT molecular complexity index is 310. The highest BCUT2D eigenvalue weighted by molar-refractivity contribution is 9.10. The number of ether oxygens (including phenoxy) is 1. The van der Waals surface area contributed by atoms with E-state index in [9.17, 15) is 0 Å². The summed E-state index contributed by atoms with van der Waals surface area (Å²) in [5.74, 6) is 0. The van der Waals surface area contributed by atoms with Crippen LogP contribution in [0.2, 0.25) is 10.0 Å². The van der Waals surface area contributed by atoms with Gasteiger partial charge in [0.25, 0.3) is 0 Å². The van der Waals surface area contributed by atoms with Crippen LogP contribution in [-0.2, 0) is 4.74 Å². The van der Waals surface area contributed by atoms with Gasteiger partial charge in [0, 0.05) is 17.6 Å². The number of nitrogens with one attached hydrogen (secondary N) is 1. The second kappa shape index (κ2) is 6.59. The Morgan fingerprint density at radius 3 is 2.47 bits per heavy atom. The molecule has 0 atom stereocenters. The standard InChI is InChI=1S/C10H12BrCl2NO/c1-2-15-4-3-14-10-8(12)5-7(11)6-9(10)13/h5-6,14H,2-4H2,1H3. The van der Waals surface area contributed by atoms with Gasteiger partial charge in [-0.3, -0.25) is 0 Å². The van der Waals surface area contributed by atoms with Crippen molar-refractivity contribution < 1.29 is 4.74 Å². The Morgan fingerprint density at radius 2 is 1.93 bits per heavy atom. The molecule has 0 aliphatic rings. The predicted octanol–water partition coefficient (Wildman–Crippen LogP) is 4.20. The van der Waals surface area contributed by atoms with Crippen LogP contribution >= 0.6 is 39.1 Å². The van der Waals surface area contributed by atoms with E-state index in [1.165, 1.54) is 0 Å². The molecule has 0 amide bonds. The molecule has 5 heteroatoms. The van der Waals surface area contributed by atoms with Gasteiger partial charge in [0.05, 0.1) is 22.3 Å². The first-order valence-corrected chi connectivity index (χ1v) is 6.16. The lowest BCUT2D eigenvalue weighted by Crippen LogP contribution is -2.09. The van der Waals surface area contributed by atoms with E-state index in [1.807, 2.05) is 6.92 Å². The maximum atomic E-state index is 6.03. The topological polar surface area (TPSA) is 21.3 Å². The molecule has 0 aliphatic carbocycles. The van der Waals surface area contributed by atoms with Crippen LogP contribution in [0.15, 0.2) is 16.6 Å². The second-order valence-corrected chi connectivity index (χ2v) is 4.60. The van der Waals surface area contributed by atoms with Crippen LogP contribution in [0.3, 0.4) is 0 Å². The number of halogens is 3. The van der Waals surface area contributed by atoms with Gasteiger partial charge in [0.1, 0.15) is 0 Å². The van der Waals surface area contributed by atoms with Crippen LogP contribution in [0.5, 0.6) is 0 Å². The molecule has 0 saturated carbocycles. The number of anilines is 1. The van der Waals surface area contributed by atoms with Gasteiger partial charge >= 0.3 is 0 Å². The van der Waals surface area contributed by atoms with Crippen molar-refractivity contribution in [3.8, 4) is 0 Å².